The van der Waals surface area contributed by atoms with Gasteiger partial charge in [0, 0.05) is 28.9 Å². The van der Waals surface area contributed by atoms with Gasteiger partial charge in [-0.05, 0) is 19.1 Å². The first-order valence-corrected chi connectivity index (χ1v) is 7.02. The van der Waals surface area contributed by atoms with Gasteiger partial charge in [0.15, 0.2) is 17.4 Å². The Kier molecular flexibility index (Phi) is 5.19. The van der Waals surface area contributed by atoms with Crippen LogP contribution < -0.4 is 10.1 Å². The van der Waals surface area contributed by atoms with Crippen molar-refractivity contribution in [3.8, 4) is 5.75 Å². The monoisotopic (exact) mass is 319 g/mol. The average molecular weight is 319 g/mol. The summed E-state index contributed by atoms with van der Waals surface area (Å²) < 4.78 is 57.3. The molecule has 0 spiro atoms. The minimum Gasteiger partial charge on any atom is -0.486 e. The molecule has 7 heteroatoms. The van der Waals surface area contributed by atoms with Gasteiger partial charge >= 0.3 is 0 Å². The highest BCUT2D eigenvalue weighted by molar-refractivity contribution is 7.11. The molecule has 0 aliphatic rings. The zero-order valence-electron chi connectivity index (χ0n) is 11.2. The first kappa shape index (κ1) is 15.8. The Bertz CT molecular complexity index is 603. The normalized spacial score (nSPS) is 10.9. The van der Waals surface area contributed by atoms with E-state index in [0.717, 1.165) is 4.88 Å². The molecule has 1 aromatic heterocycles. The van der Waals surface area contributed by atoms with E-state index in [1.54, 1.807) is 11.3 Å². The molecule has 2 nitrogen and oxygen atoms in total. The predicted molar refractivity (Wildman–Crippen MR) is 72.5 cm³/mol. The second kappa shape index (κ2) is 6.91. The third-order valence-electron chi connectivity index (χ3n) is 2.69. The predicted octanol–water partition coefficient (Wildman–Crippen LogP) is 3.78. The van der Waals surface area contributed by atoms with Crippen molar-refractivity contribution in [3.05, 3.63) is 51.2 Å². The van der Waals surface area contributed by atoms with Gasteiger partial charge in [-0.2, -0.15) is 8.78 Å². The third kappa shape index (κ3) is 3.95. The van der Waals surface area contributed by atoms with Crippen LogP contribution in [0.3, 0.4) is 0 Å². The summed E-state index contributed by atoms with van der Waals surface area (Å²) in [7, 11) is 0. The van der Waals surface area contributed by atoms with Gasteiger partial charge in [-0.25, -0.2) is 8.78 Å². The molecule has 1 N–H and O–H groups in total. The van der Waals surface area contributed by atoms with Crippen LogP contribution in [-0.4, -0.2) is 13.2 Å². The van der Waals surface area contributed by atoms with Crippen LogP contribution in [0.25, 0.3) is 0 Å². The third-order valence-corrected chi connectivity index (χ3v) is 3.69. The number of halogens is 4. The molecule has 0 radical (unpaired) electrons. The molecule has 0 unspecified atom stereocenters. The van der Waals surface area contributed by atoms with Crippen molar-refractivity contribution in [3.63, 3.8) is 0 Å². The van der Waals surface area contributed by atoms with Crippen molar-refractivity contribution in [2.24, 2.45) is 0 Å². The topological polar surface area (TPSA) is 21.3 Å². The molecule has 0 fully saturated rings. The summed E-state index contributed by atoms with van der Waals surface area (Å²) >= 11 is 1.63. The van der Waals surface area contributed by atoms with Gasteiger partial charge in [0.2, 0.25) is 11.6 Å². The van der Waals surface area contributed by atoms with E-state index in [0.29, 0.717) is 6.54 Å². The smallest absolute Gasteiger partial charge is 0.203 e. The van der Waals surface area contributed by atoms with E-state index < -0.39 is 29.0 Å². The molecule has 0 atom stereocenters. The van der Waals surface area contributed by atoms with E-state index >= 15 is 0 Å². The Hall–Kier alpha value is -1.60. The fourth-order valence-corrected chi connectivity index (χ4v) is 2.55. The Morgan fingerprint density at radius 3 is 2.33 bits per heavy atom. The van der Waals surface area contributed by atoms with Crippen molar-refractivity contribution >= 4 is 11.3 Å². The first-order chi connectivity index (χ1) is 9.99. The first-order valence-electron chi connectivity index (χ1n) is 6.21. The number of benzene rings is 1. The Morgan fingerprint density at radius 2 is 1.76 bits per heavy atom. The van der Waals surface area contributed by atoms with Crippen LogP contribution in [0.4, 0.5) is 17.6 Å². The molecule has 2 rings (SSSR count). The summed E-state index contributed by atoms with van der Waals surface area (Å²) in [6, 6.07) is 4.10. The lowest BCUT2D eigenvalue weighted by atomic mass is 10.3. The SMILES string of the molecule is Cc1ccc(CNCCOc2c(F)c(F)cc(F)c2F)s1. The van der Waals surface area contributed by atoms with Gasteiger partial charge < -0.3 is 10.1 Å². The molecule has 21 heavy (non-hydrogen) atoms. The second-order valence-corrected chi connectivity index (χ2v) is 5.71. The van der Waals surface area contributed by atoms with Gasteiger partial charge in [-0.15, -0.1) is 11.3 Å². The molecule has 0 amide bonds. The number of nitrogens with one attached hydrogen (secondary N) is 1. The number of aryl methyl sites for hydroxylation is 1. The average Bonchev–Trinajstić information content (AvgIpc) is 2.85. The van der Waals surface area contributed by atoms with E-state index in [4.69, 9.17) is 4.74 Å². The number of hydrogen-bond donors (Lipinski definition) is 1. The number of hydrogen-bond acceptors (Lipinski definition) is 3. The minimum absolute atomic E-state index is 0.110. The lowest BCUT2D eigenvalue weighted by molar-refractivity contribution is 0.270. The van der Waals surface area contributed by atoms with Gasteiger partial charge in [-0.1, -0.05) is 0 Å². The minimum atomic E-state index is -1.53. The van der Waals surface area contributed by atoms with Crippen LogP contribution in [0, 0.1) is 30.2 Å². The van der Waals surface area contributed by atoms with Crippen LogP contribution in [-0.2, 0) is 6.54 Å². The molecule has 0 saturated carbocycles. The van der Waals surface area contributed by atoms with Gasteiger partial charge in [0.1, 0.15) is 6.61 Å². The summed E-state index contributed by atoms with van der Waals surface area (Å²) in [5, 5.41) is 3.01. The maximum absolute atomic E-state index is 13.3. The maximum Gasteiger partial charge on any atom is 0.203 e. The summed E-state index contributed by atoms with van der Waals surface area (Å²) in [6.07, 6.45) is 0. The Morgan fingerprint density at radius 1 is 1.10 bits per heavy atom. The van der Waals surface area contributed by atoms with Crippen LogP contribution in [0.15, 0.2) is 18.2 Å². The van der Waals surface area contributed by atoms with E-state index in [9.17, 15) is 17.6 Å². The van der Waals surface area contributed by atoms with Gasteiger partial charge in [0.05, 0.1) is 0 Å². The zero-order chi connectivity index (χ0) is 15.4. The maximum atomic E-state index is 13.3. The van der Waals surface area contributed by atoms with Gasteiger partial charge in [0.25, 0.3) is 0 Å². The second-order valence-electron chi connectivity index (χ2n) is 4.33. The highest BCUT2D eigenvalue weighted by atomic mass is 32.1. The van der Waals surface area contributed by atoms with Crippen LogP contribution >= 0.6 is 11.3 Å². The molecule has 1 aromatic carbocycles. The molecular weight excluding hydrogens is 306 g/mol. The van der Waals surface area contributed by atoms with Crippen molar-refractivity contribution < 1.29 is 22.3 Å². The summed E-state index contributed by atoms with van der Waals surface area (Å²) in [6.45, 7) is 2.75. The standard InChI is InChI=1S/C14H13F4NOS/c1-8-2-3-9(21-8)7-19-4-5-20-14-12(17)10(15)6-11(16)13(14)18/h2-3,6,19H,4-5,7H2,1H3. The Balaban J connectivity index is 1.84. The highest BCUT2D eigenvalue weighted by Crippen LogP contribution is 2.26. The zero-order valence-corrected chi connectivity index (χ0v) is 12.0. The molecule has 0 aliphatic heterocycles. The fraction of sp³-hybridized carbons (Fsp3) is 0.286. The molecule has 1 heterocycles. The van der Waals surface area contributed by atoms with Crippen molar-refractivity contribution in [1.29, 1.82) is 0 Å². The summed E-state index contributed by atoms with van der Waals surface area (Å²) in [5.74, 6) is -7.04. The molecule has 0 saturated heterocycles. The van der Waals surface area contributed by atoms with E-state index in [1.807, 2.05) is 19.1 Å². The lowest BCUT2D eigenvalue weighted by Gasteiger charge is -2.09. The molecule has 0 aliphatic carbocycles. The van der Waals surface area contributed by atoms with Crippen molar-refractivity contribution in [2.75, 3.05) is 13.2 Å². The largest absolute Gasteiger partial charge is 0.486 e. The quantitative estimate of drug-likeness (QED) is 0.497. The van der Waals surface area contributed by atoms with Gasteiger partial charge in [-0.3, -0.25) is 0 Å². The van der Waals surface area contributed by atoms with Crippen LogP contribution in [0.5, 0.6) is 5.75 Å². The number of thiophene rings is 1. The molecule has 2 aromatic rings. The van der Waals surface area contributed by atoms with Crippen LogP contribution in [0.1, 0.15) is 9.75 Å². The molecule has 114 valence electrons. The fourth-order valence-electron chi connectivity index (χ4n) is 1.69. The van der Waals surface area contributed by atoms with Crippen LogP contribution in [0.2, 0.25) is 0 Å². The van der Waals surface area contributed by atoms with E-state index in [-0.39, 0.29) is 19.2 Å². The lowest BCUT2D eigenvalue weighted by Crippen LogP contribution is -2.21. The summed E-state index contributed by atoms with van der Waals surface area (Å²) in [4.78, 5) is 2.30. The van der Waals surface area contributed by atoms with Crippen molar-refractivity contribution in [1.82, 2.24) is 5.32 Å². The Labute approximate surface area is 123 Å². The van der Waals surface area contributed by atoms with E-state index in [2.05, 4.69) is 5.32 Å². The summed E-state index contributed by atoms with van der Waals surface area (Å²) in [5.41, 5.74) is 0. The molecular formula is C14H13F4NOS. The van der Waals surface area contributed by atoms with E-state index in [1.165, 1.54) is 4.88 Å². The number of ether oxygens (including phenoxy) is 1. The number of rotatable bonds is 6. The molecule has 0 bridgehead atoms. The highest BCUT2D eigenvalue weighted by Gasteiger charge is 2.20. The van der Waals surface area contributed by atoms with Crippen molar-refractivity contribution in [2.45, 2.75) is 13.5 Å².